The van der Waals surface area contributed by atoms with Crippen molar-refractivity contribution in [3.63, 3.8) is 0 Å². The van der Waals surface area contributed by atoms with Crippen LogP contribution in [0.2, 0.25) is 0 Å². The van der Waals surface area contributed by atoms with Crippen LogP contribution in [0.25, 0.3) is 0 Å². The highest BCUT2D eigenvalue weighted by Gasteiger charge is 2.51. The Balaban J connectivity index is 2.10. The molecule has 2 aliphatic rings. The van der Waals surface area contributed by atoms with Gasteiger partial charge in [-0.15, -0.1) is 0 Å². The first kappa shape index (κ1) is 25.3. The van der Waals surface area contributed by atoms with Crippen molar-refractivity contribution in [3.05, 3.63) is 0 Å². The molecule has 0 radical (unpaired) electrons. The number of rotatable bonds is 8. The molecule has 2 fully saturated rings. The van der Waals surface area contributed by atoms with Crippen molar-refractivity contribution in [3.8, 4) is 0 Å². The van der Waals surface area contributed by atoms with Gasteiger partial charge in [0.15, 0.2) is 12.6 Å². The lowest BCUT2D eigenvalue weighted by atomic mass is 9.97. The largest absolute Gasteiger partial charge is 0.480 e. The van der Waals surface area contributed by atoms with E-state index < -0.39 is 92.7 Å². The monoisotopic (exact) mass is 443 g/mol. The molecule has 12 atom stereocenters. The Labute approximate surface area is 171 Å². The predicted molar refractivity (Wildman–Crippen MR) is 92.6 cm³/mol. The van der Waals surface area contributed by atoms with Crippen LogP contribution >= 0.6 is 0 Å². The quantitative estimate of drug-likeness (QED) is 0.170. The minimum absolute atomic E-state index is 0.710. The lowest BCUT2D eigenvalue weighted by Crippen LogP contribution is -2.65. The second kappa shape index (κ2) is 10.5. The van der Waals surface area contributed by atoms with E-state index in [0.717, 1.165) is 0 Å². The summed E-state index contributed by atoms with van der Waals surface area (Å²) in [6.07, 6.45) is -17.1. The van der Waals surface area contributed by atoms with Crippen LogP contribution in [0.3, 0.4) is 0 Å². The number of hydrogen-bond donors (Lipinski definition) is 9. The van der Waals surface area contributed by atoms with Crippen LogP contribution in [-0.4, -0.2) is 134 Å². The van der Waals surface area contributed by atoms with Crippen molar-refractivity contribution in [1.82, 2.24) is 0 Å². The summed E-state index contributed by atoms with van der Waals surface area (Å²) in [5, 5.41) is 78.2. The molecule has 30 heavy (non-hydrogen) atoms. The zero-order chi connectivity index (χ0) is 22.7. The van der Waals surface area contributed by atoms with E-state index in [-0.39, 0.29) is 0 Å². The number of aliphatic hydroxyl groups is 7. The zero-order valence-corrected chi connectivity index (χ0v) is 16.0. The predicted octanol–water partition coefficient (Wildman–Crippen LogP) is -5.57. The van der Waals surface area contributed by atoms with Gasteiger partial charge in [-0.05, 0) is 6.92 Å². The maximum Gasteiger partial charge on any atom is 0.323 e. The van der Waals surface area contributed by atoms with Gasteiger partial charge in [0.2, 0.25) is 0 Å². The molecule has 0 amide bonds. The van der Waals surface area contributed by atoms with E-state index in [4.69, 9.17) is 29.8 Å². The Hall–Kier alpha value is -1.01. The number of nitrogens with two attached hydrogens (primary N) is 1. The number of carboxylic acid groups (broad SMARTS) is 1. The van der Waals surface area contributed by atoms with Crippen LogP contribution in [0.5, 0.6) is 0 Å². The number of carboxylic acids is 1. The molecular formula is C16H29NO13. The topological polar surface area (TPSA) is 242 Å². The average Bonchev–Trinajstić information content (AvgIpc) is 2.72. The highest BCUT2D eigenvalue weighted by molar-refractivity contribution is 5.73. The minimum Gasteiger partial charge on any atom is -0.480 e. The van der Waals surface area contributed by atoms with Gasteiger partial charge in [-0.2, -0.15) is 0 Å². The Kier molecular flexibility index (Phi) is 8.87. The van der Waals surface area contributed by atoms with Gasteiger partial charge < -0.3 is 65.5 Å². The Morgan fingerprint density at radius 1 is 0.900 bits per heavy atom. The summed E-state index contributed by atoms with van der Waals surface area (Å²) in [7, 11) is 0. The molecule has 2 saturated heterocycles. The molecule has 6 unspecified atom stereocenters. The van der Waals surface area contributed by atoms with Gasteiger partial charge in [0.05, 0.1) is 19.3 Å². The second-order valence-corrected chi connectivity index (χ2v) is 7.21. The average molecular weight is 443 g/mol. The lowest BCUT2D eigenvalue weighted by Gasteiger charge is -2.46. The lowest BCUT2D eigenvalue weighted by molar-refractivity contribution is -0.362. The Morgan fingerprint density at radius 3 is 1.97 bits per heavy atom. The third-order valence-corrected chi connectivity index (χ3v) is 5.10. The summed E-state index contributed by atoms with van der Waals surface area (Å²) in [6.45, 7) is -0.144. The summed E-state index contributed by atoms with van der Waals surface area (Å²) >= 11 is 0. The molecular weight excluding hydrogens is 414 g/mol. The van der Waals surface area contributed by atoms with E-state index in [2.05, 4.69) is 0 Å². The van der Waals surface area contributed by atoms with Gasteiger partial charge in [-0.3, -0.25) is 4.79 Å². The van der Waals surface area contributed by atoms with E-state index in [1.165, 1.54) is 6.92 Å². The molecule has 176 valence electrons. The Morgan fingerprint density at radius 2 is 1.43 bits per heavy atom. The van der Waals surface area contributed by atoms with Crippen molar-refractivity contribution in [2.45, 2.75) is 80.5 Å². The SMILES string of the molecule is CC(O[C@@H]1O[C@H](CO)[C@@H](O[C@@H]2OC(CO)[C@H](O)C(O)C2O)C(O)C1O)[C@H](N)C(=O)O. The molecule has 0 aromatic heterocycles. The van der Waals surface area contributed by atoms with E-state index in [9.17, 15) is 40.5 Å². The first-order valence-electron chi connectivity index (χ1n) is 9.25. The number of aliphatic hydroxyl groups excluding tert-OH is 7. The molecule has 14 nitrogen and oxygen atoms in total. The van der Waals surface area contributed by atoms with E-state index in [0.29, 0.717) is 0 Å². The molecule has 0 bridgehead atoms. The molecule has 0 aliphatic carbocycles. The molecule has 0 saturated carbocycles. The number of aliphatic carboxylic acids is 1. The van der Waals surface area contributed by atoms with Crippen molar-refractivity contribution >= 4 is 5.97 Å². The highest BCUT2D eigenvalue weighted by Crippen LogP contribution is 2.30. The fourth-order valence-corrected chi connectivity index (χ4v) is 3.16. The summed E-state index contributed by atoms with van der Waals surface area (Å²) < 4.78 is 21.2. The molecule has 2 heterocycles. The summed E-state index contributed by atoms with van der Waals surface area (Å²) in [6, 6.07) is -1.45. The summed E-state index contributed by atoms with van der Waals surface area (Å²) in [5.74, 6) is -1.36. The van der Waals surface area contributed by atoms with Gasteiger partial charge in [-0.1, -0.05) is 0 Å². The molecule has 14 heteroatoms. The highest BCUT2D eigenvalue weighted by atomic mass is 16.7. The third kappa shape index (κ3) is 5.24. The van der Waals surface area contributed by atoms with Crippen LogP contribution in [0.1, 0.15) is 6.92 Å². The second-order valence-electron chi connectivity index (χ2n) is 7.21. The standard InChI is InChI=1S/C16H29NO13/c1-4(7(17)14(25)26)27-15-12(24)10(22)13(6(3-19)29-15)30-16-11(23)9(21)8(20)5(2-18)28-16/h4-13,15-16,18-24H,2-3,17H2,1H3,(H,25,26)/t4?,5?,6-,7+,8+,9?,10?,11?,12?,13-,15-,16+/m1/s1. The maximum atomic E-state index is 10.9. The van der Waals surface area contributed by atoms with Crippen LogP contribution in [0.15, 0.2) is 0 Å². The first-order chi connectivity index (χ1) is 14.0. The van der Waals surface area contributed by atoms with Crippen LogP contribution < -0.4 is 5.73 Å². The minimum atomic E-state index is -1.78. The molecule has 2 aliphatic heterocycles. The third-order valence-electron chi connectivity index (χ3n) is 5.10. The van der Waals surface area contributed by atoms with Gasteiger partial charge in [-0.25, -0.2) is 0 Å². The van der Waals surface area contributed by atoms with E-state index in [1.54, 1.807) is 0 Å². The first-order valence-corrected chi connectivity index (χ1v) is 9.25. The van der Waals surface area contributed by atoms with Gasteiger partial charge in [0, 0.05) is 0 Å². The van der Waals surface area contributed by atoms with Crippen molar-refractivity contribution in [1.29, 1.82) is 0 Å². The molecule has 2 rings (SSSR count). The van der Waals surface area contributed by atoms with Crippen molar-refractivity contribution in [2.24, 2.45) is 5.73 Å². The van der Waals surface area contributed by atoms with Crippen LogP contribution in [0.4, 0.5) is 0 Å². The van der Waals surface area contributed by atoms with Gasteiger partial charge in [0.1, 0.15) is 54.9 Å². The molecule has 0 aromatic carbocycles. The number of hydrogen-bond acceptors (Lipinski definition) is 13. The number of carbonyl (C=O) groups is 1. The molecule has 10 N–H and O–H groups in total. The van der Waals surface area contributed by atoms with Crippen molar-refractivity contribution in [2.75, 3.05) is 13.2 Å². The van der Waals surface area contributed by atoms with Gasteiger partial charge in [0.25, 0.3) is 0 Å². The summed E-state index contributed by atoms with van der Waals surface area (Å²) in [4.78, 5) is 10.9. The maximum absolute atomic E-state index is 10.9. The molecule has 0 spiro atoms. The molecule has 0 aromatic rings. The van der Waals surface area contributed by atoms with E-state index >= 15 is 0 Å². The van der Waals surface area contributed by atoms with Crippen molar-refractivity contribution < 1.29 is 64.6 Å². The van der Waals surface area contributed by atoms with E-state index in [1.807, 2.05) is 0 Å². The normalized spacial score (nSPS) is 44.4. The van der Waals surface area contributed by atoms with Crippen LogP contribution in [-0.2, 0) is 23.7 Å². The zero-order valence-electron chi connectivity index (χ0n) is 16.0. The van der Waals surface area contributed by atoms with Gasteiger partial charge >= 0.3 is 5.97 Å². The van der Waals surface area contributed by atoms with Crippen LogP contribution in [0, 0.1) is 0 Å². The fraction of sp³-hybridized carbons (Fsp3) is 0.938. The smallest absolute Gasteiger partial charge is 0.323 e. The Bertz CT molecular complexity index is 563. The summed E-state index contributed by atoms with van der Waals surface area (Å²) in [5.41, 5.74) is 5.43. The number of ether oxygens (including phenoxy) is 4. The fourth-order valence-electron chi connectivity index (χ4n) is 3.16.